The fraction of sp³-hybridized carbons (Fsp3) is 0.500. The smallest absolute Gasteiger partial charge is 0.293 e. The van der Waals surface area contributed by atoms with Crippen molar-refractivity contribution < 1.29 is 14.5 Å². The zero-order valence-electron chi connectivity index (χ0n) is 11.9. The molecule has 1 aliphatic rings. The van der Waals surface area contributed by atoms with E-state index >= 15 is 0 Å². The van der Waals surface area contributed by atoms with Crippen molar-refractivity contribution in [2.45, 2.75) is 12.8 Å². The summed E-state index contributed by atoms with van der Waals surface area (Å²) in [5.41, 5.74) is 0.581. The SMILES string of the molecule is CNc1ccc(C(=O)NCCC2CCOC2)cc1[N+](=O)[O-]. The minimum Gasteiger partial charge on any atom is -0.383 e. The predicted molar refractivity (Wildman–Crippen MR) is 78.5 cm³/mol. The van der Waals surface area contributed by atoms with Gasteiger partial charge in [0.1, 0.15) is 5.69 Å². The van der Waals surface area contributed by atoms with Crippen LogP contribution in [0.25, 0.3) is 0 Å². The van der Waals surface area contributed by atoms with Crippen molar-refractivity contribution in [2.24, 2.45) is 5.92 Å². The van der Waals surface area contributed by atoms with E-state index in [1.165, 1.54) is 12.1 Å². The first kappa shape index (κ1) is 15.2. The first-order chi connectivity index (χ1) is 10.1. The standard InChI is InChI=1S/C14H19N3O4/c1-15-12-3-2-11(8-13(12)17(19)20)14(18)16-6-4-10-5-7-21-9-10/h2-3,8,10,15H,4-7,9H2,1H3,(H,16,18). The van der Waals surface area contributed by atoms with Gasteiger partial charge in [-0.1, -0.05) is 0 Å². The van der Waals surface area contributed by atoms with Crippen LogP contribution >= 0.6 is 0 Å². The maximum absolute atomic E-state index is 12.0. The van der Waals surface area contributed by atoms with Gasteiger partial charge in [-0.3, -0.25) is 14.9 Å². The molecule has 1 saturated heterocycles. The number of anilines is 1. The zero-order valence-corrected chi connectivity index (χ0v) is 11.9. The summed E-state index contributed by atoms with van der Waals surface area (Å²) < 4.78 is 5.27. The molecule has 0 bridgehead atoms. The Morgan fingerprint density at radius 1 is 1.52 bits per heavy atom. The molecule has 1 aromatic carbocycles. The van der Waals surface area contributed by atoms with Gasteiger partial charge in [0, 0.05) is 38.4 Å². The van der Waals surface area contributed by atoms with Crippen molar-refractivity contribution in [3.63, 3.8) is 0 Å². The van der Waals surface area contributed by atoms with E-state index in [9.17, 15) is 14.9 Å². The lowest BCUT2D eigenvalue weighted by Crippen LogP contribution is -2.26. The summed E-state index contributed by atoms with van der Waals surface area (Å²) in [7, 11) is 1.60. The topological polar surface area (TPSA) is 93.5 Å². The van der Waals surface area contributed by atoms with Gasteiger partial charge in [0.25, 0.3) is 11.6 Å². The second-order valence-electron chi connectivity index (χ2n) is 5.01. The molecular weight excluding hydrogens is 274 g/mol. The van der Waals surface area contributed by atoms with Gasteiger partial charge in [-0.2, -0.15) is 0 Å². The van der Waals surface area contributed by atoms with Gasteiger partial charge in [0.15, 0.2) is 0 Å². The summed E-state index contributed by atoms with van der Waals surface area (Å²) >= 11 is 0. The Kier molecular flexibility index (Phi) is 5.10. The van der Waals surface area contributed by atoms with Gasteiger partial charge in [-0.25, -0.2) is 0 Å². The first-order valence-corrected chi connectivity index (χ1v) is 6.94. The number of rotatable bonds is 6. The Hall–Kier alpha value is -2.15. The maximum Gasteiger partial charge on any atom is 0.293 e. The van der Waals surface area contributed by atoms with Crippen molar-refractivity contribution in [1.29, 1.82) is 0 Å². The Bertz CT molecular complexity index is 527. The lowest BCUT2D eigenvalue weighted by Gasteiger charge is -2.09. The number of benzene rings is 1. The molecule has 1 amide bonds. The van der Waals surface area contributed by atoms with Crippen molar-refractivity contribution >= 4 is 17.3 Å². The highest BCUT2D eigenvalue weighted by Gasteiger charge is 2.18. The van der Waals surface area contributed by atoms with Crippen LogP contribution in [-0.2, 0) is 4.74 Å². The van der Waals surface area contributed by atoms with Crippen LogP contribution in [0.15, 0.2) is 18.2 Å². The molecule has 114 valence electrons. The molecule has 0 aliphatic carbocycles. The molecule has 1 aromatic rings. The van der Waals surface area contributed by atoms with Crippen LogP contribution in [-0.4, -0.2) is 37.6 Å². The van der Waals surface area contributed by atoms with Crippen LogP contribution in [0.3, 0.4) is 0 Å². The molecule has 21 heavy (non-hydrogen) atoms. The minimum absolute atomic E-state index is 0.102. The third-order valence-corrected chi connectivity index (χ3v) is 3.59. The molecule has 0 aromatic heterocycles. The number of ether oxygens (including phenoxy) is 1. The maximum atomic E-state index is 12.0. The fourth-order valence-corrected chi connectivity index (χ4v) is 2.34. The Morgan fingerprint density at radius 3 is 2.95 bits per heavy atom. The number of carbonyl (C=O) groups is 1. The van der Waals surface area contributed by atoms with Gasteiger partial charge in [0.2, 0.25) is 0 Å². The largest absolute Gasteiger partial charge is 0.383 e. The molecule has 0 spiro atoms. The lowest BCUT2D eigenvalue weighted by molar-refractivity contribution is -0.384. The molecule has 7 heteroatoms. The molecule has 0 radical (unpaired) electrons. The molecule has 1 heterocycles. The van der Waals surface area contributed by atoms with Crippen LogP contribution in [0.2, 0.25) is 0 Å². The molecule has 1 atom stereocenters. The number of nitrogens with zero attached hydrogens (tertiary/aromatic N) is 1. The summed E-state index contributed by atoms with van der Waals surface area (Å²) in [5, 5.41) is 16.5. The summed E-state index contributed by atoms with van der Waals surface area (Å²) in [6.45, 7) is 2.09. The number of amides is 1. The number of nitro groups is 1. The summed E-state index contributed by atoms with van der Waals surface area (Å²) in [6.07, 6.45) is 1.89. The van der Waals surface area contributed by atoms with E-state index < -0.39 is 4.92 Å². The minimum atomic E-state index is -0.502. The van der Waals surface area contributed by atoms with Crippen LogP contribution in [0.5, 0.6) is 0 Å². The molecule has 1 unspecified atom stereocenters. The van der Waals surface area contributed by atoms with E-state index in [0.717, 1.165) is 26.1 Å². The van der Waals surface area contributed by atoms with Crippen molar-refractivity contribution in [2.75, 3.05) is 32.1 Å². The number of hydrogen-bond acceptors (Lipinski definition) is 5. The average Bonchev–Trinajstić information content (AvgIpc) is 2.99. The Morgan fingerprint density at radius 2 is 2.33 bits per heavy atom. The molecular formula is C14H19N3O4. The van der Waals surface area contributed by atoms with E-state index in [4.69, 9.17) is 4.74 Å². The normalized spacial score (nSPS) is 17.5. The van der Waals surface area contributed by atoms with Gasteiger partial charge >= 0.3 is 0 Å². The van der Waals surface area contributed by atoms with E-state index in [1.807, 2.05) is 0 Å². The van der Waals surface area contributed by atoms with Crippen molar-refractivity contribution in [1.82, 2.24) is 5.32 Å². The molecule has 1 aliphatic heterocycles. The second-order valence-corrected chi connectivity index (χ2v) is 5.01. The number of nitro benzene ring substituents is 1. The Labute approximate surface area is 122 Å². The van der Waals surface area contributed by atoms with Crippen molar-refractivity contribution in [3.05, 3.63) is 33.9 Å². The quantitative estimate of drug-likeness (QED) is 0.616. The molecule has 0 saturated carbocycles. The molecule has 2 rings (SSSR count). The highest BCUT2D eigenvalue weighted by atomic mass is 16.6. The fourth-order valence-electron chi connectivity index (χ4n) is 2.34. The summed E-state index contributed by atoms with van der Waals surface area (Å²) in [6, 6.07) is 4.41. The van der Waals surface area contributed by atoms with Gasteiger partial charge in [0.05, 0.1) is 4.92 Å². The van der Waals surface area contributed by atoms with Crippen LogP contribution in [0.4, 0.5) is 11.4 Å². The van der Waals surface area contributed by atoms with E-state index in [0.29, 0.717) is 23.7 Å². The van der Waals surface area contributed by atoms with Gasteiger partial charge < -0.3 is 15.4 Å². The highest BCUT2D eigenvalue weighted by Crippen LogP contribution is 2.25. The third kappa shape index (κ3) is 3.91. The summed E-state index contributed by atoms with van der Waals surface area (Å²) in [5.74, 6) is 0.200. The first-order valence-electron chi connectivity index (χ1n) is 6.94. The van der Waals surface area contributed by atoms with Crippen LogP contribution in [0.1, 0.15) is 23.2 Å². The monoisotopic (exact) mass is 293 g/mol. The van der Waals surface area contributed by atoms with Crippen LogP contribution in [0, 0.1) is 16.0 Å². The number of carbonyl (C=O) groups excluding carboxylic acids is 1. The number of nitrogens with one attached hydrogen (secondary N) is 2. The van der Waals surface area contributed by atoms with Gasteiger partial charge in [-0.05, 0) is 30.9 Å². The second kappa shape index (κ2) is 7.03. The molecule has 1 fully saturated rings. The number of hydrogen-bond donors (Lipinski definition) is 2. The zero-order chi connectivity index (χ0) is 15.2. The highest BCUT2D eigenvalue weighted by molar-refractivity contribution is 5.95. The van der Waals surface area contributed by atoms with E-state index in [1.54, 1.807) is 13.1 Å². The third-order valence-electron chi connectivity index (χ3n) is 3.59. The molecule has 2 N–H and O–H groups in total. The van der Waals surface area contributed by atoms with E-state index in [2.05, 4.69) is 10.6 Å². The summed E-state index contributed by atoms with van der Waals surface area (Å²) in [4.78, 5) is 22.5. The lowest BCUT2D eigenvalue weighted by atomic mass is 10.1. The molecule has 7 nitrogen and oxygen atoms in total. The predicted octanol–water partition coefficient (Wildman–Crippen LogP) is 1.79. The van der Waals surface area contributed by atoms with Gasteiger partial charge in [-0.15, -0.1) is 0 Å². The Balaban J connectivity index is 1.95. The van der Waals surface area contributed by atoms with Crippen LogP contribution < -0.4 is 10.6 Å². The average molecular weight is 293 g/mol. The van der Waals surface area contributed by atoms with Crippen molar-refractivity contribution in [3.8, 4) is 0 Å². The van der Waals surface area contributed by atoms with E-state index in [-0.39, 0.29) is 11.6 Å².